The zero-order chi connectivity index (χ0) is 25.5. The van der Waals surface area contributed by atoms with E-state index in [1.54, 1.807) is 36.4 Å². The monoisotopic (exact) mass is 486 g/mol. The Balaban J connectivity index is 1.45. The Morgan fingerprint density at radius 3 is 2.25 bits per heavy atom. The molecule has 0 saturated heterocycles. The van der Waals surface area contributed by atoms with Gasteiger partial charge in [-0.25, -0.2) is 4.79 Å². The predicted molar refractivity (Wildman–Crippen MR) is 137 cm³/mol. The van der Waals surface area contributed by atoms with Crippen molar-refractivity contribution in [1.29, 1.82) is 0 Å². The van der Waals surface area contributed by atoms with E-state index < -0.39 is 11.9 Å². The molecule has 3 aromatic carbocycles. The van der Waals surface area contributed by atoms with Crippen LogP contribution >= 0.6 is 0 Å². The molecule has 3 aromatic rings. The van der Waals surface area contributed by atoms with Crippen molar-refractivity contribution in [1.82, 2.24) is 4.90 Å². The van der Waals surface area contributed by atoms with Crippen LogP contribution in [0.4, 0.5) is 22.7 Å². The summed E-state index contributed by atoms with van der Waals surface area (Å²) in [6, 6.07) is 23.7. The van der Waals surface area contributed by atoms with E-state index in [2.05, 4.69) is 16.0 Å². The summed E-state index contributed by atoms with van der Waals surface area (Å²) in [5, 5.41) is 18.3. The lowest BCUT2D eigenvalue weighted by Gasteiger charge is -2.15. The lowest BCUT2D eigenvalue weighted by Crippen LogP contribution is -2.31. The number of anilines is 4. The van der Waals surface area contributed by atoms with Crippen molar-refractivity contribution in [3.05, 3.63) is 95.7 Å². The number of esters is 1. The summed E-state index contributed by atoms with van der Waals surface area (Å²) >= 11 is 0. The van der Waals surface area contributed by atoms with Crippen LogP contribution in [0.1, 0.15) is 10.4 Å². The maximum atomic E-state index is 12.9. The molecule has 1 aliphatic rings. The predicted octanol–water partition coefficient (Wildman–Crippen LogP) is 3.36. The van der Waals surface area contributed by atoms with Gasteiger partial charge >= 0.3 is 5.97 Å². The Hall–Kier alpha value is -4.63. The molecule has 0 aromatic heterocycles. The molecule has 0 radical (unpaired) electrons. The highest BCUT2D eigenvalue weighted by Crippen LogP contribution is 2.24. The van der Waals surface area contributed by atoms with Gasteiger partial charge in [0.25, 0.3) is 11.8 Å². The third kappa shape index (κ3) is 5.70. The highest BCUT2D eigenvalue weighted by Gasteiger charge is 2.34. The topological polar surface area (TPSA) is 120 Å². The molecule has 0 saturated carbocycles. The van der Waals surface area contributed by atoms with E-state index in [-0.39, 0.29) is 36.9 Å². The largest absolute Gasteiger partial charge is 0.466 e. The van der Waals surface area contributed by atoms with Crippen LogP contribution in [0, 0.1) is 0 Å². The molecule has 9 nitrogen and oxygen atoms in total. The van der Waals surface area contributed by atoms with Gasteiger partial charge in [-0.1, -0.05) is 24.3 Å². The highest BCUT2D eigenvalue weighted by atomic mass is 16.5. The summed E-state index contributed by atoms with van der Waals surface area (Å²) in [5.74, 6) is -1.39. The Morgan fingerprint density at radius 2 is 1.56 bits per heavy atom. The molecular weight excluding hydrogens is 460 g/mol. The number of aliphatic hydroxyl groups is 1. The first-order valence-corrected chi connectivity index (χ1v) is 11.3. The van der Waals surface area contributed by atoms with Crippen molar-refractivity contribution in [2.75, 3.05) is 42.8 Å². The zero-order valence-corrected chi connectivity index (χ0v) is 19.7. The van der Waals surface area contributed by atoms with E-state index in [1.807, 2.05) is 42.5 Å². The number of nitrogens with zero attached hydrogens (tertiary/aromatic N) is 1. The van der Waals surface area contributed by atoms with E-state index in [1.165, 1.54) is 12.0 Å². The van der Waals surface area contributed by atoms with E-state index >= 15 is 0 Å². The number of nitrogens with one attached hydrogen (secondary N) is 3. The van der Waals surface area contributed by atoms with E-state index in [9.17, 15) is 19.5 Å². The number of para-hydroxylation sites is 1. The van der Waals surface area contributed by atoms with Crippen molar-refractivity contribution < 1.29 is 24.2 Å². The number of carbonyl (C=O) groups is 3. The number of hydrogen-bond donors (Lipinski definition) is 4. The van der Waals surface area contributed by atoms with Gasteiger partial charge in [0.2, 0.25) is 0 Å². The van der Waals surface area contributed by atoms with Crippen LogP contribution in [-0.2, 0) is 14.3 Å². The molecule has 2 amide bonds. The molecule has 0 spiro atoms. The maximum absolute atomic E-state index is 12.9. The van der Waals surface area contributed by atoms with Crippen molar-refractivity contribution in [3.8, 4) is 0 Å². The second kappa shape index (κ2) is 11.2. The number of β-amino-alcohol motifs (C(OH)–C–C–N with tert-alkyl or cyclic N) is 1. The van der Waals surface area contributed by atoms with Crippen LogP contribution in [0.2, 0.25) is 0 Å². The van der Waals surface area contributed by atoms with Gasteiger partial charge in [-0.15, -0.1) is 0 Å². The second-order valence-electron chi connectivity index (χ2n) is 8.02. The molecule has 0 bridgehead atoms. The molecule has 4 N–H and O–H groups in total. The van der Waals surface area contributed by atoms with Crippen LogP contribution < -0.4 is 16.0 Å². The molecule has 1 heterocycles. The first-order valence-electron chi connectivity index (χ1n) is 11.3. The van der Waals surface area contributed by atoms with E-state index in [0.29, 0.717) is 16.9 Å². The summed E-state index contributed by atoms with van der Waals surface area (Å²) in [5.41, 5.74) is 3.52. The first kappa shape index (κ1) is 24.5. The van der Waals surface area contributed by atoms with Gasteiger partial charge in [0, 0.05) is 34.9 Å². The van der Waals surface area contributed by atoms with E-state index in [4.69, 9.17) is 4.74 Å². The number of carbonyl (C=O) groups excluding carboxylic acids is 3. The Bertz CT molecular complexity index is 1290. The van der Waals surface area contributed by atoms with Gasteiger partial charge in [0.05, 0.1) is 25.8 Å². The summed E-state index contributed by atoms with van der Waals surface area (Å²) < 4.78 is 4.80. The number of rotatable bonds is 9. The average Bonchev–Trinajstić information content (AvgIpc) is 3.20. The summed E-state index contributed by atoms with van der Waals surface area (Å²) in [6.45, 7) is -0.108. The smallest absolute Gasteiger partial charge is 0.337 e. The van der Waals surface area contributed by atoms with Crippen molar-refractivity contribution in [2.24, 2.45) is 0 Å². The normalized spacial score (nSPS) is 12.9. The number of amides is 2. The standard InChI is InChI=1S/C27H26N4O5/c1-36-27(35)23-17-31(14-15-32)26(34)24(23)29-22-9-5-6-18(16-22)25(33)30-21-12-10-20(11-13-21)28-19-7-3-2-4-8-19/h2-13,16,28-29,32H,14-15,17H2,1H3,(H,30,33). The summed E-state index contributed by atoms with van der Waals surface area (Å²) in [4.78, 5) is 39.1. The quantitative estimate of drug-likeness (QED) is 0.342. The SMILES string of the molecule is COC(=O)C1=C(Nc2cccc(C(=O)Nc3ccc(Nc4ccccc4)cc3)c2)C(=O)N(CCO)C1. The molecule has 1 aliphatic heterocycles. The third-order valence-corrected chi connectivity index (χ3v) is 5.55. The van der Waals surface area contributed by atoms with Crippen LogP contribution in [0.5, 0.6) is 0 Å². The minimum atomic E-state index is -0.634. The molecule has 4 rings (SSSR count). The summed E-state index contributed by atoms with van der Waals surface area (Å²) in [7, 11) is 1.24. The third-order valence-electron chi connectivity index (χ3n) is 5.55. The van der Waals surface area contributed by atoms with Gasteiger partial charge in [-0.2, -0.15) is 0 Å². The first-order chi connectivity index (χ1) is 17.5. The summed E-state index contributed by atoms with van der Waals surface area (Å²) in [6.07, 6.45) is 0. The fourth-order valence-corrected chi connectivity index (χ4v) is 3.76. The number of benzene rings is 3. The Labute approximate surface area is 208 Å². The lowest BCUT2D eigenvalue weighted by atomic mass is 10.1. The van der Waals surface area contributed by atoms with Crippen LogP contribution in [0.15, 0.2) is 90.1 Å². The highest BCUT2D eigenvalue weighted by molar-refractivity contribution is 6.09. The Morgan fingerprint density at radius 1 is 0.889 bits per heavy atom. The fourth-order valence-electron chi connectivity index (χ4n) is 3.76. The molecule has 184 valence electrons. The van der Waals surface area contributed by atoms with Gasteiger partial charge in [-0.05, 0) is 54.6 Å². The van der Waals surface area contributed by atoms with Gasteiger partial charge in [0.1, 0.15) is 5.70 Å². The average molecular weight is 487 g/mol. The second-order valence-corrected chi connectivity index (χ2v) is 8.02. The van der Waals surface area contributed by atoms with Crippen molar-refractivity contribution in [2.45, 2.75) is 0 Å². The molecular formula is C27H26N4O5. The maximum Gasteiger partial charge on any atom is 0.337 e. The Kier molecular flexibility index (Phi) is 7.62. The number of aliphatic hydroxyl groups excluding tert-OH is 1. The number of methoxy groups -OCH3 is 1. The van der Waals surface area contributed by atoms with Gasteiger partial charge < -0.3 is 30.7 Å². The molecule has 0 unspecified atom stereocenters. The number of hydrogen-bond acceptors (Lipinski definition) is 7. The molecule has 0 aliphatic carbocycles. The number of ether oxygens (including phenoxy) is 1. The zero-order valence-electron chi connectivity index (χ0n) is 19.7. The van der Waals surface area contributed by atoms with Crippen molar-refractivity contribution in [3.63, 3.8) is 0 Å². The van der Waals surface area contributed by atoms with Crippen LogP contribution in [0.25, 0.3) is 0 Å². The molecule has 36 heavy (non-hydrogen) atoms. The van der Waals surface area contributed by atoms with Crippen LogP contribution in [-0.4, -0.2) is 54.6 Å². The van der Waals surface area contributed by atoms with Crippen molar-refractivity contribution >= 4 is 40.5 Å². The minimum Gasteiger partial charge on any atom is -0.466 e. The fraction of sp³-hybridized carbons (Fsp3) is 0.148. The van der Waals surface area contributed by atoms with Gasteiger partial charge in [-0.3, -0.25) is 9.59 Å². The molecule has 0 fully saturated rings. The molecule has 0 atom stereocenters. The molecule has 9 heteroatoms. The minimum absolute atomic E-state index is 0.0315. The van der Waals surface area contributed by atoms with Crippen LogP contribution in [0.3, 0.4) is 0 Å². The lowest BCUT2D eigenvalue weighted by molar-refractivity contribution is -0.136. The van der Waals surface area contributed by atoms with Gasteiger partial charge in [0.15, 0.2) is 0 Å². The van der Waals surface area contributed by atoms with E-state index in [0.717, 1.165) is 11.4 Å².